The van der Waals surface area contributed by atoms with Crippen LogP contribution in [-0.2, 0) is 0 Å². The van der Waals surface area contributed by atoms with Crippen LogP contribution >= 0.6 is 28.1 Å². The SMILES string of the molecule is Cc1ccc([N+](=O)[O-])cc1NC(=S)Nc1ccc(Br)cc1. The quantitative estimate of drug-likeness (QED) is 0.477. The molecule has 0 bridgehead atoms. The summed E-state index contributed by atoms with van der Waals surface area (Å²) < 4.78 is 0.974. The van der Waals surface area contributed by atoms with Crippen LogP contribution in [0.1, 0.15) is 5.56 Å². The number of nitro benzene ring substituents is 1. The number of rotatable bonds is 3. The normalized spacial score (nSPS) is 10.0. The van der Waals surface area contributed by atoms with E-state index in [0.717, 1.165) is 15.7 Å². The first-order valence-electron chi connectivity index (χ1n) is 6.04. The van der Waals surface area contributed by atoms with Crippen molar-refractivity contribution in [1.29, 1.82) is 0 Å². The maximum Gasteiger partial charge on any atom is 0.271 e. The summed E-state index contributed by atoms with van der Waals surface area (Å²) >= 11 is 8.57. The molecule has 0 unspecified atom stereocenters. The van der Waals surface area contributed by atoms with Crippen LogP contribution < -0.4 is 10.6 Å². The Morgan fingerprint density at radius 2 is 1.86 bits per heavy atom. The first-order chi connectivity index (χ1) is 9.95. The number of hydrogen-bond acceptors (Lipinski definition) is 3. The number of hydrogen-bond donors (Lipinski definition) is 2. The third-order valence-corrected chi connectivity index (χ3v) is 3.52. The fourth-order valence-corrected chi connectivity index (χ4v) is 2.17. The van der Waals surface area contributed by atoms with E-state index in [4.69, 9.17) is 12.2 Å². The number of nitrogens with zero attached hydrogens (tertiary/aromatic N) is 1. The topological polar surface area (TPSA) is 67.2 Å². The molecule has 0 radical (unpaired) electrons. The van der Waals surface area contributed by atoms with Crippen molar-refractivity contribution in [2.75, 3.05) is 10.6 Å². The molecule has 0 aliphatic heterocycles. The Balaban J connectivity index is 2.10. The van der Waals surface area contributed by atoms with Gasteiger partial charge in [0.05, 0.1) is 4.92 Å². The molecule has 0 saturated heterocycles. The van der Waals surface area contributed by atoms with Gasteiger partial charge in [-0.3, -0.25) is 10.1 Å². The average molecular weight is 366 g/mol. The maximum atomic E-state index is 10.8. The molecule has 21 heavy (non-hydrogen) atoms. The number of nitrogens with one attached hydrogen (secondary N) is 2. The van der Waals surface area contributed by atoms with Gasteiger partial charge in [-0.25, -0.2) is 0 Å². The lowest BCUT2D eigenvalue weighted by Gasteiger charge is -2.12. The molecule has 2 aromatic carbocycles. The Morgan fingerprint density at radius 1 is 1.19 bits per heavy atom. The molecule has 0 amide bonds. The van der Waals surface area contributed by atoms with Gasteiger partial charge in [0.2, 0.25) is 0 Å². The molecule has 0 aliphatic rings. The summed E-state index contributed by atoms with van der Waals surface area (Å²) in [5, 5.41) is 17.2. The van der Waals surface area contributed by atoms with Crippen molar-refractivity contribution in [3.63, 3.8) is 0 Å². The van der Waals surface area contributed by atoms with Crippen LogP contribution in [0.25, 0.3) is 0 Å². The molecule has 0 aliphatic carbocycles. The molecule has 0 heterocycles. The third-order valence-electron chi connectivity index (χ3n) is 2.78. The van der Waals surface area contributed by atoms with Crippen molar-refractivity contribution in [3.8, 4) is 0 Å². The molecular formula is C14H12BrN3O2S. The van der Waals surface area contributed by atoms with Gasteiger partial charge in [-0.15, -0.1) is 0 Å². The number of halogens is 1. The second-order valence-electron chi connectivity index (χ2n) is 4.34. The Kier molecular flexibility index (Phi) is 4.87. The van der Waals surface area contributed by atoms with Gasteiger partial charge in [0.1, 0.15) is 0 Å². The van der Waals surface area contributed by atoms with Gasteiger partial charge < -0.3 is 10.6 Å². The summed E-state index contributed by atoms with van der Waals surface area (Å²) in [5.41, 5.74) is 2.34. The van der Waals surface area contributed by atoms with Crippen molar-refractivity contribution in [2.24, 2.45) is 0 Å². The minimum atomic E-state index is -0.435. The summed E-state index contributed by atoms with van der Waals surface area (Å²) in [7, 11) is 0. The van der Waals surface area contributed by atoms with Crippen LogP contribution in [-0.4, -0.2) is 10.0 Å². The molecule has 0 spiro atoms. The van der Waals surface area contributed by atoms with Gasteiger partial charge in [-0.05, 0) is 49.0 Å². The second-order valence-corrected chi connectivity index (χ2v) is 5.67. The summed E-state index contributed by atoms with van der Waals surface area (Å²) in [5.74, 6) is 0. The lowest BCUT2D eigenvalue weighted by Crippen LogP contribution is -2.19. The van der Waals surface area contributed by atoms with Gasteiger partial charge in [0.25, 0.3) is 5.69 Å². The molecule has 7 heteroatoms. The largest absolute Gasteiger partial charge is 0.332 e. The molecule has 2 N–H and O–H groups in total. The van der Waals surface area contributed by atoms with Crippen molar-refractivity contribution >= 4 is 50.3 Å². The van der Waals surface area contributed by atoms with E-state index in [0.29, 0.717) is 10.8 Å². The predicted molar refractivity (Wildman–Crippen MR) is 91.8 cm³/mol. The molecule has 2 rings (SSSR count). The van der Waals surface area contributed by atoms with E-state index >= 15 is 0 Å². The first-order valence-corrected chi connectivity index (χ1v) is 7.24. The molecule has 0 atom stereocenters. The van der Waals surface area contributed by atoms with E-state index < -0.39 is 4.92 Å². The second kappa shape index (κ2) is 6.64. The highest BCUT2D eigenvalue weighted by atomic mass is 79.9. The van der Waals surface area contributed by atoms with Crippen LogP contribution in [0.2, 0.25) is 0 Å². The Morgan fingerprint density at radius 3 is 2.48 bits per heavy atom. The lowest BCUT2D eigenvalue weighted by atomic mass is 10.2. The third kappa shape index (κ3) is 4.24. The highest BCUT2D eigenvalue weighted by Crippen LogP contribution is 2.22. The van der Waals surface area contributed by atoms with Crippen LogP contribution in [0, 0.1) is 17.0 Å². The van der Waals surface area contributed by atoms with E-state index in [9.17, 15) is 10.1 Å². The fraction of sp³-hybridized carbons (Fsp3) is 0.0714. The number of aryl methyl sites for hydroxylation is 1. The Hall–Kier alpha value is -1.99. The number of benzene rings is 2. The number of nitro groups is 1. The molecule has 2 aromatic rings. The smallest absolute Gasteiger partial charge is 0.271 e. The zero-order chi connectivity index (χ0) is 15.4. The average Bonchev–Trinajstić information content (AvgIpc) is 2.43. The Labute approximate surface area is 135 Å². The first kappa shape index (κ1) is 15.4. The van der Waals surface area contributed by atoms with Crippen LogP contribution in [0.5, 0.6) is 0 Å². The van der Waals surface area contributed by atoms with Crippen molar-refractivity contribution < 1.29 is 4.92 Å². The van der Waals surface area contributed by atoms with Crippen molar-refractivity contribution in [2.45, 2.75) is 6.92 Å². The highest BCUT2D eigenvalue weighted by Gasteiger charge is 2.09. The summed E-state index contributed by atoms with van der Waals surface area (Å²) in [6.07, 6.45) is 0. The Bertz CT molecular complexity index is 689. The highest BCUT2D eigenvalue weighted by molar-refractivity contribution is 9.10. The lowest BCUT2D eigenvalue weighted by molar-refractivity contribution is -0.384. The number of anilines is 2. The van der Waals surface area contributed by atoms with Gasteiger partial charge in [-0.2, -0.15) is 0 Å². The monoisotopic (exact) mass is 365 g/mol. The number of non-ortho nitro benzene ring substituents is 1. The van der Waals surface area contributed by atoms with Gasteiger partial charge in [0.15, 0.2) is 5.11 Å². The summed E-state index contributed by atoms with van der Waals surface area (Å²) in [6.45, 7) is 1.86. The minimum Gasteiger partial charge on any atom is -0.332 e. The standard InChI is InChI=1S/C14H12BrN3O2S/c1-9-2-7-12(18(19)20)8-13(9)17-14(21)16-11-5-3-10(15)4-6-11/h2-8H,1H3,(H2,16,17,21). The van der Waals surface area contributed by atoms with E-state index in [1.807, 2.05) is 31.2 Å². The van der Waals surface area contributed by atoms with Crippen LogP contribution in [0.15, 0.2) is 46.9 Å². The maximum absolute atomic E-state index is 10.8. The predicted octanol–water partition coefficient (Wildman–Crippen LogP) is 4.47. The zero-order valence-electron chi connectivity index (χ0n) is 11.1. The van der Waals surface area contributed by atoms with E-state index in [2.05, 4.69) is 26.6 Å². The molecular weight excluding hydrogens is 354 g/mol. The minimum absolute atomic E-state index is 0.0227. The molecule has 0 aromatic heterocycles. The van der Waals surface area contributed by atoms with Crippen LogP contribution in [0.4, 0.5) is 17.1 Å². The van der Waals surface area contributed by atoms with E-state index in [-0.39, 0.29) is 5.69 Å². The molecule has 108 valence electrons. The van der Waals surface area contributed by atoms with E-state index in [1.54, 1.807) is 6.07 Å². The van der Waals surface area contributed by atoms with Gasteiger partial charge in [-0.1, -0.05) is 22.0 Å². The molecule has 0 fully saturated rings. The van der Waals surface area contributed by atoms with Crippen LogP contribution in [0.3, 0.4) is 0 Å². The van der Waals surface area contributed by atoms with Gasteiger partial charge in [0, 0.05) is 28.0 Å². The van der Waals surface area contributed by atoms with Crippen molar-refractivity contribution in [3.05, 3.63) is 62.6 Å². The molecule has 5 nitrogen and oxygen atoms in total. The van der Waals surface area contributed by atoms with Gasteiger partial charge >= 0.3 is 0 Å². The fourth-order valence-electron chi connectivity index (χ4n) is 1.68. The number of thiocarbonyl (C=S) groups is 1. The summed E-state index contributed by atoms with van der Waals surface area (Å²) in [4.78, 5) is 10.4. The van der Waals surface area contributed by atoms with E-state index in [1.165, 1.54) is 12.1 Å². The zero-order valence-corrected chi connectivity index (χ0v) is 13.5. The molecule has 0 saturated carbocycles. The summed E-state index contributed by atoms with van der Waals surface area (Å²) in [6, 6.07) is 12.1. The van der Waals surface area contributed by atoms with Crippen molar-refractivity contribution in [1.82, 2.24) is 0 Å².